The van der Waals surface area contributed by atoms with Crippen molar-refractivity contribution in [3.8, 4) is 0 Å². The highest BCUT2D eigenvalue weighted by molar-refractivity contribution is 4.83. The summed E-state index contributed by atoms with van der Waals surface area (Å²) in [4.78, 5) is 0. The summed E-state index contributed by atoms with van der Waals surface area (Å²) >= 11 is 0. The molecule has 0 saturated heterocycles. The summed E-state index contributed by atoms with van der Waals surface area (Å²) in [7, 11) is 0. The molecule has 0 amide bonds. The Bertz CT molecular complexity index is 226. The van der Waals surface area contributed by atoms with E-state index in [0.29, 0.717) is 6.61 Å². The fourth-order valence-corrected chi connectivity index (χ4v) is 2.57. The van der Waals surface area contributed by atoms with Gasteiger partial charge in [0.25, 0.3) is 0 Å². The van der Waals surface area contributed by atoms with E-state index in [1.165, 1.54) is 64.2 Å². The number of allylic oxidation sites excluding steroid dienone is 1. The molecule has 131 valence electrons. The van der Waals surface area contributed by atoms with Crippen LogP contribution in [0.5, 0.6) is 0 Å². The van der Waals surface area contributed by atoms with Crippen LogP contribution in [0, 0.1) is 6.92 Å². The van der Waals surface area contributed by atoms with Gasteiger partial charge in [-0.3, -0.25) is 0 Å². The third-order valence-electron chi connectivity index (χ3n) is 4.02. The van der Waals surface area contributed by atoms with Crippen LogP contribution in [-0.4, -0.2) is 24.4 Å². The maximum Gasteiger partial charge on any atom is 0.0574 e. The minimum atomic E-state index is -0.131. The Hall–Kier alpha value is -0.340. The summed E-state index contributed by atoms with van der Waals surface area (Å²) in [5.74, 6) is 0. The first-order chi connectivity index (χ1) is 10.8. The van der Waals surface area contributed by atoms with Crippen molar-refractivity contribution in [1.82, 2.24) is 0 Å². The number of unbranched alkanes of at least 4 members (excludes halogenated alkanes) is 9. The second-order valence-corrected chi connectivity index (χ2v) is 6.23. The number of ether oxygens (including phenoxy) is 1. The van der Waals surface area contributed by atoms with Gasteiger partial charge in [-0.1, -0.05) is 70.4 Å². The van der Waals surface area contributed by atoms with Crippen LogP contribution >= 0.6 is 0 Å². The van der Waals surface area contributed by atoms with E-state index in [1.54, 1.807) is 0 Å². The zero-order valence-corrected chi connectivity index (χ0v) is 14.9. The molecule has 1 atom stereocenters. The van der Waals surface area contributed by atoms with Gasteiger partial charge in [-0.2, -0.15) is 0 Å². The summed E-state index contributed by atoms with van der Waals surface area (Å²) in [6.07, 6.45) is 19.9. The number of rotatable bonds is 17. The summed E-state index contributed by atoms with van der Waals surface area (Å²) in [6, 6.07) is 0. The molecule has 0 heterocycles. The molecule has 0 aromatic rings. The van der Waals surface area contributed by atoms with Gasteiger partial charge in [-0.05, 0) is 39.0 Å². The van der Waals surface area contributed by atoms with Gasteiger partial charge in [0.1, 0.15) is 0 Å². The number of hydrogen-bond donors (Lipinski definition) is 1. The molecule has 22 heavy (non-hydrogen) atoms. The van der Waals surface area contributed by atoms with Gasteiger partial charge in [0.15, 0.2) is 0 Å². The monoisotopic (exact) mass is 311 g/mol. The predicted molar refractivity (Wildman–Crippen MR) is 97.0 cm³/mol. The molecule has 1 radical (unpaired) electrons. The SMILES string of the molecule is [CH2]COCCCCCCCC/C=C\C[C@H](O)CCCCCC. The first-order valence-electron chi connectivity index (χ1n) is 9.51. The molecule has 0 unspecified atom stereocenters. The highest BCUT2D eigenvalue weighted by Gasteiger charge is 2.00. The lowest BCUT2D eigenvalue weighted by Crippen LogP contribution is -2.04. The Labute approximate surface area is 139 Å². The van der Waals surface area contributed by atoms with Crippen LogP contribution in [0.15, 0.2) is 12.2 Å². The predicted octanol–water partition coefficient (Wildman–Crippen LogP) is 5.85. The van der Waals surface area contributed by atoms with E-state index < -0.39 is 0 Å². The molecule has 0 aliphatic heterocycles. The van der Waals surface area contributed by atoms with E-state index in [1.807, 2.05) is 0 Å². The van der Waals surface area contributed by atoms with Crippen molar-refractivity contribution in [2.45, 2.75) is 96.5 Å². The zero-order chi connectivity index (χ0) is 16.3. The van der Waals surface area contributed by atoms with Crippen LogP contribution < -0.4 is 0 Å². The van der Waals surface area contributed by atoms with Crippen molar-refractivity contribution in [3.05, 3.63) is 19.1 Å². The van der Waals surface area contributed by atoms with Crippen molar-refractivity contribution >= 4 is 0 Å². The Morgan fingerprint density at radius 3 is 2.32 bits per heavy atom. The minimum absolute atomic E-state index is 0.131. The highest BCUT2D eigenvalue weighted by Crippen LogP contribution is 2.10. The van der Waals surface area contributed by atoms with Crippen molar-refractivity contribution in [3.63, 3.8) is 0 Å². The average molecular weight is 312 g/mol. The summed E-state index contributed by atoms with van der Waals surface area (Å²) in [5.41, 5.74) is 0. The molecule has 0 aromatic heterocycles. The average Bonchev–Trinajstić information content (AvgIpc) is 2.52. The Kier molecular flexibility index (Phi) is 18.4. The minimum Gasteiger partial charge on any atom is -0.393 e. The fraction of sp³-hybridized carbons (Fsp3) is 0.850. The lowest BCUT2D eigenvalue weighted by Gasteiger charge is -2.07. The van der Waals surface area contributed by atoms with Crippen LogP contribution in [0.4, 0.5) is 0 Å². The topological polar surface area (TPSA) is 29.5 Å². The van der Waals surface area contributed by atoms with Gasteiger partial charge >= 0.3 is 0 Å². The van der Waals surface area contributed by atoms with E-state index in [9.17, 15) is 5.11 Å². The van der Waals surface area contributed by atoms with E-state index in [2.05, 4.69) is 26.0 Å². The molecule has 0 saturated carbocycles. The van der Waals surface area contributed by atoms with Gasteiger partial charge in [0, 0.05) is 13.2 Å². The van der Waals surface area contributed by atoms with E-state index in [-0.39, 0.29) is 6.10 Å². The van der Waals surface area contributed by atoms with Crippen molar-refractivity contribution in [2.75, 3.05) is 13.2 Å². The smallest absolute Gasteiger partial charge is 0.0574 e. The molecular weight excluding hydrogens is 272 g/mol. The molecule has 2 nitrogen and oxygen atoms in total. The largest absolute Gasteiger partial charge is 0.393 e. The Morgan fingerprint density at radius 1 is 0.909 bits per heavy atom. The summed E-state index contributed by atoms with van der Waals surface area (Å²) in [6.45, 7) is 7.34. The van der Waals surface area contributed by atoms with Crippen LogP contribution in [0.25, 0.3) is 0 Å². The molecule has 0 bridgehead atoms. The summed E-state index contributed by atoms with van der Waals surface area (Å²) < 4.78 is 5.22. The van der Waals surface area contributed by atoms with Crippen molar-refractivity contribution in [2.24, 2.45) is 0 Å². The van der Waals surface area contributed by atoms with Gasteiger partial charge in [-0.15, -0.1) is 0 Å². The lowest BCUT2D eigenvalue weighted by atomic mass is 10.1. The van der Waals surface area contributed by atoms with E-state index in [0.717, 1.165) is 25.9 Å². The Morgan fingerprint density at radius 2 is 1.59 bits per heavy atom. The molecule has 0 spiro atoms. The normalized spacial score (nSPS) is 13.0. The van der Waals surface area contributed by atoms with Crippen LogP contribution in [0.2, 0.25) is 0 Å². The van der Waals surface area contributed by atoms with Gasteiger partial charge in [0.2, 0.25) is 0 Å². The Balaban J connectivity index is 3.19. The third kappa shape index (κ3) is 17.7. The highest BCUT2D eigenvalue weighted by atomic mass is 16.5. The zero-order valence-electron chi connectivity index (χ0n) is 14.9. The summed E-state index contributed by atoms with van der Waals surface area (Å²) in [5, 5.41) is 9.84. The molecule has 0 aliphatic carbocycles. The van der Waals surface area contributed by atoms with E-state index >= 15 is 0 Å². The van der Waals surface area contributed by atoms with Crippen LogP contribution in [0.3, 0.4) is 0 Å². The van der Waals surface area contributed by atoms with Crippen LogP contribution in [0.1, 0.15) is 90.4 Å². The number of aliphatic hydroxyl groups excluding tert-OH is 1. The first kappa shape index (κ1) is 21.7. The van der Waals surface area contributed by atoms with Crippen molar-refractivity contribution in [1.29, 1.82) is 0 Å². The third-order valence-corrected chi connectivity index (χ3v) is 4.02. The molecular formula is C20H39O2. The molecule has 1 N–H and O–H groups in total. The molecule has 0 aromatic carbocycles. The van der Waals surface area contributed by atoms with Crippen LogP contribution in [-0.2, 0) is 4.74 Å². The molecule has 2 heteroatoms. The maximum atomic E-state index is 9.84. The van der Waals surface area contributed by atoms with Gasteiger partial charge in [-0.25, -0.2) is 0 Å². The van der Waals surface area contributed by atoms with Gasteiger partial charge < -0.3 is 9.84 Å². The first-order valence-corrected chi connectivity index (χ1v) is 9.51. The number of aliphatic hydroxyl groups is 1. The second kappa shape index (κ2) is 18.7. The maximum absolute atomic E-state index is 9.84. The quantitative estimate of drug-likeness (QED) is 0.270. The van der Waals surface area contributed by atoms with E-state index in [4.69, 9.17) is 4.74 Å². The standard InChI is InChI=1S/C20H39O2/c1-3-5-6-14-17-20(21)18-15-12-10-8-7-9-11-13-16-19-22-4-2/h12,15,20-21H,2-11,13-14,16-19H2,1H3/b15-12-/t20-/m1/s1. The van der Waals surface area contributed by atoms with Crippen molar-refractivity contribution < 1.29 is 9.84 Å². The van der Waals surface area contributed by atoms with Gasteiger partial charge in [0.05, 0.1) is 6.10 Å². The molecule has 0 fully saturated rings. The fourth-order valence-electron chi connectivity index (χ4n) is 2.57. The molecule has 0 aliphatic rings. The number of hydrogen-bond acceptors (Lipinski definition) is 2. The molecule has 0 rings (SSSR count). The second-order valence-electron chi connectivity index (χ2n) is 6.23. The lowest BCUT2D eigenvalue weighted by molar-refractivity contribution is 0.156.